The first-order valence-corrected chi connectivity index (χ1v) is 2.99. The first-order chi connectivity index (χ1) is 4.35. The summed E-state index contributed by atoms with van der Waals surface area (Å²) in [6.07, 6.45) is 7.55. The Balaban J connectivity index is 3.84. The summed E-state index contributed by atoms with van der Waals surface area (Å²) in [6, 6.07) is 0. The molecule has 2 N–H and O–H groups in total. The van der Waals surface area contributed by atoms with Crippen molar-refractivity contribution in [2.24, 2.45) is 5.73 Å². The molecule has 0 rings (SSSR count). The lowest BCUT2D eigenvalue weighted by Crippen LogP contribution is -1.99. The second-order valence-corrected chi connectivity index (χ2v) is 1.66. The zero-order valence-corrected chi connectivity index (χ0v) is 5.80. The summed E-state index contributed by atoms with van der Waals surface area (Å²) in [7, 11) is 0. The zero-order valence-electron chi connectivity index (χ0n) is 5.80. The van der Waals surface area contributed by atoms with E-state index in [0.29, 0.717) is 6.54 Å². The van der Waals surface area contributed by atoms with Crippen LogP contribution in [0.5, 0.6) is 0 Å². The summed E-state index contributed by atoms with van der Waals surface area (Å²) in [5, 5.41) is 0. The number of rotatable bonds is 3. The Labute approximate surface area is 56.6 Å². The quantitative estimate of drug-likeness (QED) is 0.567. The molecule has 0 aromatic heterocycles. The third-order valence-corrected chi connectivity index (χ3v) is 1.05. The summed E-state index contributed by atoms with van der Waals surface area (Å²) in [5.74, 6) is 0. The molecule has 0 amide bonds. The van der Waals surface area contributed by atoms with E-state index in [1.165, 1.54) is 0 Å². The summed E-state index contributed by atoms with van der Waals surface area (Å²) in [6.45, 7) is 6.11. The summed E-state index contributed by atoms with van der Waals surface area (Å²) in [5.41, 5.74) is 6.50. The van der Waals surface area contributed by atoms with E-state index in [-0.39, 0.29) is 0 Å². The van der Waals surface area contributed by atoms with Gasteiger partial charge in [0.2, 0.25) is 0 Å². The second-order valence-electron chi connectivity index (χ2n) is 1.66. The molecule has 0 bridgehead atoms. The Morgan fingerprint density at radius 3 is 2.67 bits per heavy atom. The van der Waals surface area contributed by atoms with Crippen LogP contribution in [0.4, 0.5) is 0 Å². The molecule has 0 heterocycles. The molecule has 0 aliphatic rings. The predicted molar refractivity (Wildman–Crippen MR) is 42.1 cm³/mol. The topological polar surface area (TPSA) is 26.0 Å². The fourth-order valence-corrected chi connectivity index (χ4v) is 0.474. The summed E-state index contributed by atoms with van der Waals surface area (Å²) >= 11 is 0. The van der Waals surface area contributed by atoms with Gasteiger partial charge in [0.05, 0.1) is 0 Å². The molecule has 50 valence electrons. The number of hydrogen-bond acceptors (Lipinski definition) is 1. The van der Waals surface area contributed by atoms with Crippen molar-refractivity contribution < 1.29 is 0 Å². The number of nitrogens with two attached hydrogens (primary N) is 1. The molecular weight excluding hydrogens is 110 g/mol. The molecule has 1 heteroatoms. The van der Waals surface area contributed by atoms with Gasteiger partial charge in [-0.15, -0.1) is 0 Å². The number of allylic oxidation sites excluding steroid dienone is 3. The molecule has 0 radical (unpaired) electrons. The smallest absolute Gasteiger partial charge is 0.0174 e. The average Bonchev–Trinajstić information content (AvgIpc) is 1.91. The Bertz CT molecular complexity index is 132. The van der Waals surface area contributed by atoms with Gasteiger partial charge in [-0.25, -0.2) is 0 Å². The molecule has 0 unspecified atom stereocenters. The highest BCUT2D eigenvalue weighted by molar-refractivity contribution is 5.21. The molecule has 0 saturated carbocycles. The van der Waals surface area contributed by atoms with Crippen LogP contribution in [0, 0.1) is 0 Å². The van der Waals surface area contributed by atoms with Crippen LogP contribution in [0.25, 0.3) is 0 Å². The minimum absolute atomic E-state index is 0.598. The SMILES string of the molecule is C=C/C=C\C(=C/C)CN. The van der Waals surface area contributed by atoms with Gasteiger partial charge in [-0.1, -0.05) is 30.9 Å². The first-order valence-electron chi connectivity index (χ1n) is 2.99. The van der Waals surface area contributed by atoms with E-state index in [1.807, 2.05) is 25.2 Å². The van der Waals surface area contributed by atoms with Crippen molar-refractivity contribution >= 4 is 0 Å². The van der Waals surface area contributed by atoms with Gasteiger partial charge in [0.1, 0.15) is 0 Å². The molecule has 0 aromatic rings. The van der Waals surface area contributed by atoms with Crippen LogP contribution in [-0.2, 0) is 0 Å². The van der Waals surface area contributed by atoms with Gasteiger partial charge in [0, 0.05) is 6.54 Å². The third kappa shape index (κ3) is 3.74. The lowest BCUT2D eigenvalue weighted by atomic mass is 10.2. The van der Waals surface area contributed by atoms with Crippen molar-refractivity contribution in [2.75, 3.05) is 6.54 Å². The van der Waals surface area contributed by atoms with Gasteiger partial charge in [-0.05, 0) is 12.5 Å². The maximum Gasteiger partial charge on any atom is 0.0174 e. The maximum absolute atomic E-state index is 5.37. The van der Waals surface area contributed by atoms with E-state index in [2.05, 4.69) is 6.58 Å². The van der Waals surface area contributed by atoms with Gasteiger partial charge >= 0.3 is 0 Å². The summed E-state index contributed by atoms with van der Waals surface area (Å²) < 4.78 is 0. The Kier molecular flexibility index (Phi) is 4.83. The monoisotopic (exact) mass is 123 g/mol. The number of hydrogen-bond donors (Lipinski definition) is 1. The fraction of sp³-hybridized carbons (Fsp3) is 0.250. The van der Waals surface area contributed by atoms with Crippen LogP contribution in [0.15, 0.2) is 36.5 Å². The van der Waals surface area contributed by atoms with E-state index in [4.69, 9.17) is 5.73 Å². The molecule has 0 atom stereocenters. The molecule has 0 aromatic carbocycles. The van der Waals surface area contributed by atoms with Crippen molar-refractivity contribution in [3.8, 4) is 0 Å². The Morgan fingerprint density at radius 2 is 2.33 bits per heavy atom. The average molecular weight is 123 g/mol. The highest BCUT2D eigenvalue weighted by atomic mass is 14.5. The minimum atomic E-state index is 0.598. The maximum atomic E-state index is 5.37. The summed E-state index contributed by atoms with van der Waals surface area (Å²) in [4.78, 5) is 0. The van der Waals surface area contributed by atoms with Gasteiger partial charge < -0.3 is 5.73 Å². The standard InChI is InChI=1S/C8H13N/c1-3-5-6-8(4-2)7-9/h3-6H,1,7,9H2,2H3/b6-5-,8-4+. The molecule has 0 saturated heterocycles. The molecule has 1 nitrogen and oxygen atoms in total. The zero-order chi connectivity index (χ0) is 7.11. The lowest BCUT2D eigenvalue weighted by Gasteiger charge is -1.90. The molecule has 0 aliphatic heterocycles. The Morgan fingerprint density at radius 1 is 1.67 bits per heavy atom. The van der Waals surface area contributed by atoms with Crippen LogP contribution >= 0.6 is 0 Å². The van der Waals surface area contributed by atoms with E-state index in [1.54, 1.807) is 6.08 Å². The normalized spacial score (nSPS) is 12.4. The van der Waals surface area contributed by atoms with Gasteiger partial charge in [-0.3, -0.25) is 0 Å². The molecule has 0 spiro atoms. The molecular formula is C8H13N. The fourth-order valence-electron chi connectivity index (χ4n) is 0.474. The van der Waals surface area contributed by atoms with Crippen molar-refractivity contribution in [3.05, 3.63) is 36.5 Å². The van der Waals surface area contributed by atoms with E-state index < -0.39 is 0 Å². The predicted octanol–water partition coefficient (Wildman–Crippen LogP) is 1.63. The molecule has 9 heavy (non-hydrogen) atoms. The van der Waals surface area contributed by atoms with E-state index in [0.717, 1.165) is 5.57 Å². The largest absolute Gasteiger partial charge is 0.327 e. The highest BCUT2D eigenvalue weighted by Crippen LogP contribution is 1.92. The van der Waals surface area contributed by atoms with Gasteiger partial charge in [-0.2, -0.15) is 0 Å². The van der Waals surface area contributed by atoms with Crippen LogP contribution in [0.3, 0.4) is 0 Å². The van der Waals surface area contributed by atoms with Crippen molar-refractivity contribution in [1.82, 2.24) is 0 Å². The second kappa shape index (κ2) is 5.32. The first kappa shape index (κ1) is 8.18. The molecule has 0 aliphatic carbocycles. The third-order valence-electron chi connectivity index (χ3n) is 1.05. The van der Waals surface area contributed by atoms with E-state index in [9.17, 15) is 0 Å². The van der Waals surface area contributed by atoms with Crippen LogP contribution in [0.2, 0.25) is 0 Å². The van der Waals surface area contributed by atoms with Gasteiger partial charge in [0.15, 0.2) is 0 Å². The Hall–Kier alpha value is -0.820. The van der Waals surface area contributed by atoms with Crippen molar-refractivity contribution in [3.63, 3.8) is 0 Å². The van der Waals surface area contributed by atoms with Crippen molar-refractivity contribution in [1.29, 1.82) is 0 Å². The van der Waals surface area contributed by atoms with Crippen LogP contribution in [0.1, 0.15) is 6.92 Å². The minimum Gasteiger partial charge on any atom is -0.327 e. The van der Waals surface area contributed by atoms with Crippen molar-refractivity contribution in [2.45, 2.75) is 6.92 Å². The molecule has 0 fully saturated rings. The van der Waals surface area contributed by atoms with Crippen LogP contribution < -0.4 is 5.73 Å². The lowest BCUT2D eigenvalue weighted by molar-refractivity contribution is 1.18. The van der Waals surface area contributed by atoms with E-state index >= 15 is 0 Å². The highest BCUT2D eigenvalue weighted by Gasteiger charge is 1.80. The van der Waals surface area contributed by atoms with Gasteiger partial charge in [0.25, 0.3) is 0 Å². The van der Waals surface area contributed by atoms with Crippen LogP contribution in [-0.4, -0.2) is 6.54 Å².